The van der Waals surface area contributed by atoms with Crippen LogP contribution in [0.15, 0.2) is 18.2 Å². The van der Waals surface area contributed by atoms with Gasteiger partial charge in [-0.2, -0.15) is 11.8 Å². The molecule has 2 rings (SSSR count). The molecule has 1 saturated heterocycles. The van der Waals surface area contributed by atoms with Crippen LogP contribution in [0.25, 0.3) is 0 Å². The van der Waals surface area contributed by atoms with Crippen molar-refractivity contribution in [1.29, 1.82) is 0 Å². The first-order valence-electron chi connectivity index (χ1n) is 6.33. The van der Waals surface area contributed by atoms with Crippen molar-refractivity contribution in [3.63, 3.8) is 0 Å². The molecule has 100 valence electrons. The van der Waals surface area contributed by atoms with Crippen LogP contribution in [0, 0.1) is 0 Å². The maximum atomic E-state index is 9.59. The van der Waals surface area contributed by atoms with Crippen molar-refractivity contribution in [2.24, 2.45) is 0 Å². The summed E-state index contributed by atoms with van der Waals surface area (Å²) in [5.41, 5.74) is 1.19. The predicted octanol–water partition coefficient (Wildman–Crippen LogP) is 2.73. The van der Waals surface area contributed by atoms with E-state index in [1.807, 2.05) is 23.9 Å². The van der Waals surface area contributed by atoms with Gasteiger partial charge < -0.3 is 9.84 Å². The summed E-state index contributed by atoms with van der Waals surface area (Å²) in [6, 6.07) is 6.19. The van der Waals surface area contributed by atoms with E-state index in [0.29, 0.717) is 17.0 Å². The zero-order valence-electron chi connectivity index (χ0n) is 11.2. The lowest BCUT2D eigenvalue weighted by molar-refractivity contribution is 0.204. The van der Waals surface area contributed by atoms with Crippen LogP contribution in [-0.2, 0) is 6.54 Å². The molecule has 0 spiro atoms. The van der Waals surface area contributed by atoms with E-state index >= 15 is 0 Å². The van der Waals surface area contributed by atoms with Crippen molar-refractivity contribution in [2.75, 3.05) is 19.4 Å². The highest BCUT2D eigenvalue weighted by Crippen LogP contribution is 2.29. The molecule has 1 aromatic carbocycles. The lowest BCUT2D eigenvalue weighted by Gasteiger charge is -2.37. The number of benzene rings is 1. The first kappa shape index (κ1) is 13.6. The number of hydrogen-bond acceptors (Lipinski definition) is 4. The average molecular weight is 267 g/mol. The molecule has 1 aliphatic rings. The minimum Gasteiger partial charge on any atom is -0.504 e. The van der Waals surface area contributed by atoms with Crippen LogP contribution in [0.1, 0.15) is 19.4 Å². The molecule has 1 N–H and O–H groups in total. The minimum atomic E-state index is 0.205. The number of aromatic hydroxyl groups is 1. The molecule has 0 unspecified atom stereocenters. The largest absolute Gasteiger partial charge is 0.504 e. The molecular weight excluding hydrogens is 246 g/mol. The van der Waals surface area contributed by atoms with Gasteiger partial charge in [0.05, 0.1) is 7.11 Å². The summed E-state index contributed by atoms with van der Waals surface area (Å²) in [4.78, 5) is 2.49. The molecule has 0 aromatic heterocycles. The molecule has 0 bridgehead atoms. The van der Waals surface area contributed by atoms with Gasteiger partial charge in [0, 0.05) is 30.1 Å². The van der Waals surface area contributed by atoms with E-state index in [4.69, 9.17) is 4.74 Å². The van der Waals surface area contributed by atoms with Gasteiger partial charge in [-0.05, 0) is 24.6 Å². The normalized spacial score (nSPS) is 25.1. The fraction of sp³-hybridized carbons (Fsp3) is 0.571. The van der Waals surface area contributed by atoms with Crippen LogP contribution < -0.4 is 4.74 Å². The van der Waals surface area contributed by atoms with E-state index in [-0.39, 0.29) is 5.75 Å². The van der Waals surface area contributed by atoms with E-state index in [2.05, 4.69) is 18.7 Å². The van der Waals surface area contributed by atoms with Crippen LogP contribution in [0.3, 0.4) is 0 Å². The smallest absolute Gasteiger partial charge is 0.160 e. The number of thioether (sulfide) groups is 1. The Hall–Kier alpha value is -0.870. The Kier molecular flexibility index (Phi) is 4.40. The van der Waals surface area contributed by atoms with Gasteiger partial charge in [-0.1, -0.05) is 13.0 Å². The highest BCUT2D eigenvalue weighted by atomic mass is 32.2. The Morgan fingerprint density at radius 1 is 1.44 bits per heavy atom. The van der Waals surface area contributed by atoms with Gasteiger partial charge in [0.25, 0.3) is 0 Å². The van der Waals surface area contributed by atoms with Gasteiger partial charge in [0.15, 0.2) is 11.5 Å². The van der Waals surface area contributed by atoms with Crippen LogP contribution in [0.2, 0.25) is 0 Å². The van der Waals surface area contributed by atoms with E-state index < -0.39 is 0 Å². The number of nitrogens with zero attached hydrogens (tertiary/aromatic N) is 1. The third-order valence-corrected chi connectivity index (χ3v) is 4.98. The van der Waals surface area contributed by atoms with Crippen LogP contribution >= 0.6 is 11.8 Å². The predicted molar refractivity (Wildman–Crippen MR) is 76.5 cm³/mol. The standard InChI is InChI=1S/C14H21NO2S/c1-10-11(2)18-7-6-15(10)9-12-4-5-13(16)14(8-12)17-3/h4-5,8,10-11,16H,6-7,9H2,1-3H3/t10-,11+/m0/s1. The molecule has 3 nitrogen and oxygen atoms in total. The molecule has 4 heteroatoms. The Morgan fingerprint density at radius 3 is 2.94 bits per heavy atom. The summed E-state index contributed by atoms with van der Waals surface area (Å²) >= 11 is 2.04. The van der Waals surface area contributed by atoms with Gasteiger partial charge in [0.1, 0.15) is 0 Å². The third kappa shape index (κ3) is 2.93. The first-order valence-corrected chi connectivity index (χ1v) is 7.38. The number of methoxy groups -OCH3 is 1. The molecule has 0 saturated carbocycles. The number of ether oxygens (including phenoxy) is 1. The molecule has 0 aliphatic carbocycles. The topological polar surface area (TPSA) is 32.7 Å². The molecule has 1 fully saturated rings. The molecular formula is C14H21NO2S. The summed E-state index contributed by atoms with van der Waals surface area (Å²) in [6.45, 7) is 6.62. The Bertz CT molecular complexity index is 411. The maximum Gasteiger partial charge on any atom is 0.160 e. The lowest BCUT2D eigenvalue weighted by Crippen LogP contribution is -2.43. The highest BCUT2D eigenvalue weighted by Gasteiger charge is 2.25. The number of phenolic OH excluding ortho intramolecular Hbond substituents is 1. The van der Waals surface area contributed by atoms with Crippen molar-refractivity contribution in [3.05, 3.63) is 23.8 Å². The Balaban J connectivity index is 2.09. The molecule has 2 atom stereocenters. The van der Waals surface area contributed by atoms with Gasteiger partial charge in [-0.25, -0.2) is 0 Å². The second kappa shape index (κ2) is 5.85. The Labute approximate surface area is 113 Å². The molecule has 18 heavy (non-hydrogen) atoms. The zero-order chi connectivity index (χ0) is 13.1. The fourth-order valence-electron chi connectivity index (χ4n) is 2.27. The van der Waals surface area contributed by atoms with Gasteiger partial charge in [-0.3, -0.25) is 4.90 Å². The molecule has 1 aromatic rings. The summed E-state index contributed by atoms with van der Waals surface area (Å²) in [5, 5.41) is 10.3. The van der Waals surface area contributed by atoms with Crippen LogP contribution in [0.4, 0.5) is 0 Å². The van der Waals surface area contributed by atoms with E-state index in [1.165, 1.54) is 11.3 Å². The Morgan fingerprint density at radius 2 is 2.22 bits per heavy atom. The van der Waals surface area contributed by atoms with Gasteiger partial charge in [-0.15, -0.1) is 0 Å². The first-order chi connectivity index (χ1) is 8.61. The molecule has 1 aliphatic heterocycles. The number of rotatable bonds is 3. The quantitative estimate of drug-likeness (QED) is 0.913. The lowest BCUT2D eigenvalue weighted by atomic mass is 10.1. The summed E-state index contributed by atoms with van der Waals surface area (Å²) in [5.74, 6) is 1.96. The summed E-state index contributed by atoms with van der Waals surface area (Å²) < 4.78 is 5.15. The third-order valence-electron chi connectivity index (χ3n) is 3.64. The molecule has 0 amide bonds. The number of hydrogen-bond donors (Lipinski definition) is 1. The van der Waals surface area contributed by atoms with E-state index in [0.717, 1.165) is 13.1 Å². The van der Waals surface area contributed by atoms with Crippen molar-refractivity contribution in [3.8, 4) is 11.5 Å². The number of phenols is 1. The van der Waals surface area contributed by atoms with Crippen molar-refractivity contribution in [2.45, 2.75) is 31.7 Å². The van der Waals surface area contributed by atoms with Crippen LogP contribution in [0.5, 0.6) is 11.5 Å². The second-order valence-corrected chi connectivity index (χ2v) is 6.28. The second-order valence-electron chi connectivity index (χ2n) is 4.79. The minimum absolute atomic E-state index is 0.205. The summed E-state index contributed by atoms with van der Waals surface area (Å²) in [7, 11) is 1.58. The van der Waals surface area contributed by atoms with E-state index in [1.54, 1.807) is 13.2 Å². The van der Waals surface area contributed by atoms with Gasteiger partial charge in [0.2, 0.25) is 0 Å². The SMILES string of the molecule is COc1cc(CN2CCS[C@H](C)[C@@H]2C)ccc1O. The van der Waals surface area contributed by atoms with Crippen molar-refractivity contribution < 1.29 is 9.84 Å². The highest BCUT2D eigenvalue weighted by molar-refractivity contribution is 8.00. The van der Waals surface area contributed by atoms with Crippen LogP contribution in [-0.4, -0.2) is 40.7 Å². The summed E-state index contributed by atoms with van der Waals surface area (Å²) in [6.07, 6.45) is 0. The van der Waals surface area contributed by atoms with Crippen molar-refractivity contribution in [1.82, 2.24) is 4.90 Å². The monoisotopic (exact) mass is 267 g/mol. The fourth-order valence-corrected chi connectivity index (χ4v) is 3.44. The molecule has 1 heterocycles. The average Bonchev–Trinajstić information content (AvgIpc) is 2.37. The van der Waals surface area contributed by atoms with Crippen molar-refractivity contribution >= 4 is 11.8 Å². The maximum absolute atomic E-state index is 9.59. The molecule has 0 radical (unpaired) electrons. The van der Waals surface area contributed by atoms with E-state index in [9.17, 15) is 5.11 Å². The zero-order valence-corrected chi connectivity index (χ0v) is 12.0. The van der Waals surface area contributed by atoms with Gasteiger partial charge >= 0.3 is 0 Å².